The van der Waals surface area contributed by atoms with Crippen LogP contribution in [0.5, 0.6) is 0 Å². The lowest BCUT2D eigenvalue weighted by Gasteiger charge is -2.53. The van der Waals surface area contributed by atoms with E-state index in [4.69, 9.17) is 4.74 Å². The van der Waals surface area contributed by atoms with Gasteiger partial charge in [0.25, 0.3) is 0 Å². The van der Waals surface area contributed by atoms with Crippen LogP contribution >= 0.6 is 0 Å². The summed E-state index contributed by atoms with van der Waals surface area (Å²) in [6.45, 7) is 9.31. The average molecular weight is 282 g/mol. The van der Waals surface area contributed by atoms with Crippen LogP contribution in [0.3, 0.4) is 0 Å². The second-order valence-electron chi connectivity index (χ2n) is 7.16. The average Bonchev–Trinajstić information content (AvgIpc) is 2.46. The topological polar surface area (TPSA) is 24.5 Å². The lowest BCUT2D eigenvalue weighted by Crippen LogP contribution is -2.66. The van der Waals surface area contributed by atoms with E-state index in [-0.39, 0.29) is 0 Å². The highest BCUT2D eigenvalue weighted by molar-refractivity contribution is 5.00. The van der Waals surface area contributed by atoms with Crippen LogP contribution in [-0.4, -0.2) is 49.8 Å². The summed E-state index contributed by atoms with van der Waals surface area (Å²) in [6.07, 6.45) is 9.55. The minimum atomic E-state index is 0.469. The summed E-state index contributed by atoms with van der Waals surface area (Å²) in [4.78, 5) is 2.84. The minimum Gasteiger partial charge on any atom is -0.385 e. The molecule has 3 heteroatoms. The summed E-state index contributed by atoms with van der Waals surface area (Å²) in [5, 5.41) is 3.84. The van der Waals surface area contributed by atoms with Gasteiger partial charge in [-0.15, -0.1) is 0 Å². The highest BCUT2D eigenvalue weighted by Gasteiger charge is 2.42. The summed E-state index contributed by atoms with van der Waals surface area (Å²) >= 11 is 0. The third-order valence-electron chi connectivity index (χ3n) is 5.40. The Labute approximate surface area is 125 Å². The summed E-state index contributed by atoms with van der Waals surface area (Å²) in [7, 11) is 1.81. The zero-order valence-electron chi connectivity index (χ0n) is 13.8. The van der Waals surface area contributed by atoms with Crippen molar-refractivity contribution in [3.05, 3.63) is 0 Å². The molecule has 2 rings (SSSR count). The van der Waals surface area contributed by atoms with Gasteiger partial charge in [-0.3, -0.25) is 4.90 Å². The molecule has 0 aromatic carbocycles. The van der Waals surface area contributed by atoms with Gasteiger partial charge < -0.3 is 10.1 Å². The second kappa shape index (κ2) is 7.77. The van der Waals surface area contributed by atoms with Gasteiger partial charge in [0.15, 0.2) is 0 Å². The number of methoxy groups -OCH3 is 1. The van der Waals surface area contributed by atoms with Crippen molar-refractivity contribution < 1.29 is 4.74 Å². The summed E-state index contributed by atoms with van der Waals surface area (Å²) < 4.78 is 5.20. The fourth-order valence-corrected chi connectivity index (χ4v) is 3.96. The molecule has 1 spiro atoms. The van der Waals surface area contributed by atoms with Crippen molar-refractivity contribution in [1.29, 1.82) is 0 Å². The number of ether oxygens (including phenoxy) is 1. The summed E-state index contributed by atoms with van der Waals surface area (Å²) in [6, 6.07) is 0.671. The number of nitrogens with one attached hydrogen (secondary N) is 1. The van der Waals surface area contributed by atoms with Crippen LogP contribution in [0.2, 0.25) is 0 Å². The third-order valence-corrected chi connectivity index (χ3v) is 5.40. The summed E-state index contributed by atoms with van der Waals surface area (Å²) in [5.41, 5.74) is 0.469. The predicted molar refractivity (Wildman–Crippen MR) is 85.1 cm³/mol. The molecule has 2 aliphatic rings. The first-order chi connectivity index (χ1) is 9.68. The molecule has 0 bridgehead atoms. The van der Waals surface area contributed by atoms with Crippen molar-refractivity contribution in [2.75, 3.05) is 33.4 Å². The Morgan fingerprint density at radius 1 is 1.20 bits per heavy atom. The van der Waals surface area contributed by atoms with Gasteiger partial charge in [-0.05, 0) is 38.1 Å². The van der Waals surface area contributed by atoms with Crippen LogP contribution < -0.4 is 5.32 Å². The maximum absolute atomic E-state index is 5.20. The zero-order chi connectivity index (χ0) is 14.4. The molecule has 1 saturated heterocycles. The fraction of sp³-hybridized carbons (Fsp3) is 1.00. The maximum atomic E-state index is 5.20. The molecule has 3 nitrogen and oxygen atoms in total. The van der Waals surface area contributed by atoms with Gasteiger partial charge in [-0.1, -0.05) is 33.1 Å². The zero-order valence-corrected chi connectivity index (χ0v) is 13.8. The van der Waals surface area contributed by atoms with E-state index < -0.39 is 0 Å². The Hall–Kier alpha value is -0.120. The molecule has 0 aromatic heterocycles. The number of hydrogen-bond donors (Lipinski definition) is 1. The van der Waals surface area contributed by atoms with E-state index in [2.05, 4.69) is 24.1 Å². The third kappa shape index (κ3) is 3.96. The van der Waals surface area contributed by atoms with E-state index in [9.17, 15) is 0 Å². The van der Waals surface area contributed by atoms with Crippen LogP contribution in [0.4, 0.5) is 0 Å². The van der Waals surface area contributed by atoms with Gasteiger partial charge >= 0.3 is 0 Å². The SMILES string of the molecule is COCCCCN1CC(C(C)C)NCC12CCCCC2. The van der Waals surface area contributed by atoms with Gasteiger partial charge in [0.05, 0.1) is 0 Å². The highest BCUT2D eigenvalue weighted by Crippen LogP contribution is 2.36. The first kappa shape index (κ1) is 16.3. The van der Waals surface area contributed by atoms with Crippen LogP contribution in [0.15, 0.2) is 0 Å². The minimum absolute atomic E-state index is 0.469. The maximum Gasteiger partial charge on any atom is 0.0462 e. The van der Waals surface area contributed by atoms with Crippen molar-refractivity contribution in [3.8, 4) is 0 Å². The van der Waals surface area contributed by atoms with Gasteiger partial charge in [-0.2, -0.15) is 0 Å². The monoisotopic (exact) mass is 282 g/mol. The van der Waals surface area contributed by atoms with E-state index in [0.717, 1.165) is 12.5 Å². The van der Waals surface area contributed by atoms with E-state index >= 15 is 0 Å². The Kier molecular flexibility index (Phi) is 6.31. The molecule has 0 aromatic rings. The van der Waals surface area contributed by atoms with Crippen molar-refractivity contribution in [2.45, 2.75) is 70.4 Å². The molecule has 1 atom stereocenters. The van der Waals surface area contributed by atoms with Crippen molar-refractivity contribution in [2.24, 2.45) is 5.92 Å². The molecule has 1 heterocycles. The van der Waals surface area contributed by atoms with Crippen LogP contribution in [0.25, 0.3) is 0 Å². The van der Waals surface area contributed by atoms with Gasteiger partial charge in [0.2, 0.25) is 0 Å². The number of hydrogen-bond acceptors (Lipinski definition) is 3. The lowest BCUT2D eigenvalue weighted by molar-refractivity contribution is 0.000124. The molecule has 0 radical (unpaired) electrons. The van der Waals surface area contributed by atoms with Gasteiger partial charge in [-0.25, -0.2) is 0 Å². The molecule has 1 aliphatic heterocycles. The Balaban J connectivity index is 1.94. The van der Waals surface area contributed by atoms with Crippen molar-refractivity contribution in [1.82, 2.24) is 10.2 Å². The fourth-order valence-electron chi connectivity index (χ4n) is 3.96. The van der Waals surface area contributed by atoms with Gasteiger partial charge in [0.1, 0.15) is 0 Å². The van der Waals surface area contributed by atoms with E-state index in [1.807, 2.05) is 7.11 Å². The Bertz CT molecular complexity index is 274. The first-order valence-electron chi connectivity index (χ1n) is 8.65. The number of nitrogens with zero attached hydrogens (tertiary/aromatic N) is 1. The highest BCUT2D eigenvalue weighted by atomic mass is 16.5. The Morgan fingerprint density at radius 2 is 1.95 bits per heavy atom. The Morgan fingerprint density at radius 3 is 2.60 bits per heavy atom. The largest absolute Gasteiger partial charge is 0.385 e. The molecular formula is C17H34N2O. The van der Waals surface area contributed by atoms with Crippen LogP contribution in [0, 0.1) is 5.92 Å². The second-order valence-corrected chi connectivity index (χ2v) is 7.16. The van der Waals surface area contributed by atoms with E-state index in [1.165, 1.54) is 64.6 Å². The molecule has 20 heavy (non-hydrogen) atoms. The molecule has 1 aliphatic carbocycles. The van der Waals surface area contributed by atoms with Crippen LogP contribution in [-0.2, 0) is 4.74 Å². The van der Waals surface area contributed by atoms with Crippen molar-refractivity contribution in [3.63, 3.8) is 0 Å². The molecule has 2 fully saturated rings. The molecular weight excluding hydrogens is 248 g/mol. The summed E-state index contributed by atoms with van der Waals surface area (Å²) in [5.74, 6) is 0.734. The predicted octanol–water partition coefficient (Wildman–Crippen LogP) is 3.05. The normalized spacial score (nSPS) is 27.3. The van der Waals surface area contributed by atoms with Gasteiger partial charge in [0, 0.05) is 38.4 Å². The van der Waals surface area contributed by atoms with Crippen molar-refractivity contribution >= 4 is 0 Å². The smallest absolute Gasteiger partial charge is 0.0462 e. The molecule has 0 amide bonds. The quantitative estimate of drug-likeness (QED) is 0.758. The first-order valence-corrected chi connectivity index (χ1v) is 8.65. The number of rotatable bonds is 6. The van der Waals surface area contributed by atoms with E-state index in [1.54, 1.807) is 0 Å². The standard InChI is InChI=1S/C17H34N2O/c1-15(2)16-13-19(11-7-8-12-20-3)17(14-18-16)9-5-4-6-10-17/h15-16,18H,4-14H2,1-3H3. The molecule has 1 N–H and O–H groups in total. The van der Waals surface area contributed by atoms with Crippen LogP contribution in [0.1, 0.15) is 58.8 Å². The lowest BCUT2D eigenvalue weighted by atomic mass is 9.77. The molecule has 1 unspecified atom stereocenters. The molecule has 1 saturated carbocycles. The number of unbranched alkanes of at least 4 members (excludes halogenated alkanes) is 1. The molecule has 118 valence electrons. The van der Waals surface area contributed by atoms with E-state index in [0.29, 0.717) is 11.6 Å². The number of piperazine rings is 1.